The number of nitrogens with zero attached hydrogens (tertiary/aromatic N) is 1. The Kier molecular flexibility index (Phi) is 5.14. The fourth-order valence-electron chi connectivity index (χ4n) is 3.04. The molecule has 1 aliphatic heterocycles. The zero-order chi connectivity index (χ0) is 13.8. The summed E-state index contributed by atoms with van der Waals surface area (Å²) in [6.45, 7) is 5.69. The van der Waals surface area contributed by atoms with Gasteiger partial charge >= 0.3 is 11.9 Å². The van der Waals surface area contributed by atoms with E-state index >= 15 is 0 Å². The fraction of sp³-hybridized carbons (Fsp3) is 0.846. The number of esters is 2. The van der Waals surface area contributed by atoms with Crippen LogP contribution in [0.2, 0.25) is 0 Å². The maximum Gasteiger partial charge on any atom is 0.324 e. The Morgan fingerprint density at radius 3 is 2.17 bits per heavy atom. The maximum absolute atomic E-state index is 12.1. The van der Waals surface area contributed by atoms with Gasteiger partial charge in [-0.2, -0.15) is 0 Å². The molecule has 0 radical (unpaired) electrons. The molecule has 1 saturated heterocycles. The number of likely N-dealkylation sites (tertiary alicyclic amines) is 1. The zero-order valence-electron chi connectivity index (χ0n) is 11.7. The molecule has 0 saturated carbocycles. The molecule has 5 nitrogen and oxygen atoms in total. The van der Waals surface area contributed by atoms with Gasteiger partial charge in [0.15, 0.2) is 5.41 Å². The van der Waals surface area contributed by atoms with Crippen LogP contribution in [-0.2, 0) is 19.1 Å². The van der Waals surface area contributed by atoms with Crippen LogP contribution >= 0.6 is 0 Å². The summed E-state index contributed by atoms with van der Waals surface area (Å²) >= 11 is 0. The normalized spacial score (nSPS) is 22.8. The highest BCUT2D eigenvalue weighted by Gasteiger charge is 2.59. The van der Waals surface area contributed by atoms with E-state index in [2.05, 4.69) is 11.8 Å². The fourth-order valence-corrected chi connectivity index (χ4v) is 3.04. The van der Waals surface area contributed by atoms with E-state index in [4.69, 9.17) is 9.47 Å². The van der Waals surface area contributed by atoms with Crippen molar-refractivity contribution in [3.8, 4) is 0 Å². The third kappa shape index (κ3) is 2.23. The molecule has 0 amide bonds. The highest BCUT2D eigenvalue weighted by atomic mass is 16.5. The molecule has 1 atom stereocenters. The van der Waals surface area contributed by atoms with Gasteiger partial charge < -0.3 is 9.47 Å². The van der Waals surface area contributed by atoms with Crippen molar-refractivity contribution in [1.29, 1.82) is 0 Å². The van der Waals surface area contributed by atoms with Gasteiger partial charge in [0, 0.05) is 12.6 Å². The van der Waals surface area contributed by atoms with Gasteiger partial charge in [0.05, 0.1) is 14.2 Å². The molecule has 0 spiro atoms. The van der Waals surface area contributed by atoms with E-state index in [0.717, 1.165) is 25.9 Å². The summed E-state index contributed by atoms with van der Waals surface area (Å²) in [7, 11) is 2.64. The van der Waals surface area contributed by atoms with E-state index in [9.17, 15) is 9.59 Å². The number of ether oxygens (including phenoxy) is 2. The molecule has 0 aromatic rings. The number of carbonyl (C=O) groups is 2. The molecule has 1 aliphatic rings. The molecule has 0 N–H and O–H groups in total. The first-order valence-electron chi connectivity index (χ1n) is 6.49. The van der Waals surface area contributed by atoms with Crippen molar-refractivity contribution in [2.45, 2.75) is 39.2 Å². The van der Waals surface area contributed by atoms with E-state index in [1.807, 2.05) is 6.92 Å². The molecule has 0 bridgehead atoms. The Morgan fingerprint density at radius 1 is 1.22 bits per heavy atom. The minimum absolute atomic E-state index is 0.127. The van der Waals surface area contributed by atoms with Crippen LogP contribution in [0.1, 0.15) is 33.1 Å². The van der Waals surface area contributed by atoms with Crippen LogP contribution < -0.4 is 0 Å². The lowest BCUT2D eigenvalue weighted by Crippen LogP contribution is -2.50. The van der Waals surface area contributed by atoms with Crippen molar-refractivity contribution < 1.29 is 19.1 Å². The van der Waals surface area contributed by atoms with Crippen molar-refractivity contribution in [1.82, 2.24) is 4.90 Å². The Labute approximate surface area is 108 Å². The molecule has 1 fully saturated rings. The van der Waals surface area contributed by atoms with Gasteiger partial charge in [0.1, 0.15) is 0 Å². The first kappa shape index (κ1) is 15.0. The Hall–Kier alpha value is -1.10. The molecule has 1 unspecified atom stereocenters. The second kappa shape index (κ2) is 6.18. The second-order valence-electron chi connectivity index (χ2n) is 4.66. The van der Waals surface area contributed by atoms with Gasteiger partial charge in [-0.05, 0) is 25.8 Å². The summed E-state index contributed by atoms with van der Waals surface area (Å²) in [5.41, 5.74) is -1.15. The number of rotatable bonds is 5. The monoisotopic (exact) mass is 257 g/mol. The Bertz CT molecular complexity index is 300. The van der Waals surface area contributed by atoms with Crippen molar-refractivity contribution in [2.75, 3.05) is 27.3 Å². The summed E-state index contributed by atoms with van der Waals surface area (Å²) in [5.74, 6) is -0.945. The molecule has 104 valence electrons. The summed E-state index contributed by atoms with van der Waals surface area (Å²) in [5, 5.41) is 0. The third-order valence-corrected chi connectivity index (χ3v) is 3.80. The van der Waals surface area contributed by atoms with Crippen molar-refractivity contribution in [3.05, 3.63) is 0 Å². The third-order valence-electron chi connectivity index (χ3n) is 3.80. The van der Waals surface area contributed by atoms with Crippen LogP contribution in [0, 0.1) is 5.41 Å². The number of methoxy groups -OCH3 is 2. The summed E-state index contributed by atoms with van der Waals surface area (Å²) in [4.78, 5) is 26.4. The lowest BCUT2D eigenvalue weighted by atomic mass is 9.79. The molecular weight excluding hydrogens is 234 g/mol. The maximum atomic E-state index is 12.1. The van der Waals surface area contributed by atoms with Crippen LogP contribution in [0.4, 0.5) is 0 Å². The lowest BCUT2D eigenvalue weighted by Gasteiger charge is -2.33. The number of hydrogen-bond acceptors (Lipinski definition) is 5. The first-order chi connectivity index (χ1) is 8.58. The summed E-state index contributed by atoms with van der Waals surface area (Å²) in [6, 6.07) is -0.127. The molecule has 1 rings (SSSR count). The second-order valence-corrected chi connectivity index (χ2v) is 4.66. The van der Waals surface area contributed by atoms with Gasteiger partial charge in [-0.1, -0.05) is 13.8 Å². The quantitative estimate of drug-likeness (QED) is 0.547. The van der Waals surface area contributed by atoms with E-state index < -0.39 is 17.4 Å². The zero-order valence-corrected chi connectivity index (χ0v) is 11.7. The smallest absolute Gasteiger partial charge is 0.324 e. The Balaban J connectivity index is 3.10. The van der Waals surface area contributed by atoms with Crippen molar-refractivity contribution >= 4 is 11.9 Å². The molecular formula is C13H23NO4. The first-order valence-corrected chi connectivity index (χ1v) is 6.49. The molecule has 1 heterocycles. The summed E-state index contributed by atoms with van der Waals surface area (Å²) < 4.78 is 9.71. The average molecular weight is 257 g/mol. The SMILES string of the molecule is CCCN1CCC(C(=O)OC)(C(=O)OC)C1CC. The van der Waals surface area contributed by atoms with Gasteiger partial charge in [-0.15, -0.1) is 0 Å². The minimum atomic E-state index is -1.15. The van der Waals surface area contributed by atoms with Crippen LogP contribution in [0.25, 0.3) is 0 Å². The van der Waals surface area contributed by atoms with Crippen molar-refractivity contribution in [2.24, 2.45) is 5.41 Å². The largest absolute Gasteiger partial charge is 0.468 e. The van der Waals surface area contributed by atoms with Crippen LogP contribution in [-0.4, -0.2) is 50.2 Å². The van der Waals surface area contributed by atoms with Crippen molar-refractivity contribution in [3.63, 3.8) is 0 Å². The topological polar surface area (TPSA) is 55.8 Å². The van der Waals surface area contributed by atoms with Crippen LogP contribution in [0.3, 0.4) is 0 Å². The molecule has 18 heavy (non-hydrogen) atoms. The predicted octanol–water partition coefficient (Wildman–Crippen LogP) is 1.21. The lowest BCUT2D eigenvalue weighted by molar-refractivity contribution is -0.171. The van der Waals surface area contributed by atoms with Crippen LogP contribution in [0.5, 0.6) is 0 Å². The number of carbonyl (C=O) groups excluding carboxylic acids is 2. The average Bonchev–Trinajstić information content (AvgIpc) is 2.76. The van der Waals surface area contributed by atoms with Gasteiger partial charge in [-0.25, -0.2) is 0 Å². The van der Waals surface area contributed by atoms with E-state index in [1.54, 1.807) is 0 Å². The molecule has 0 aliphatic carbocycles. The van der Waals surface area contributed by atoms with Gasteiger partial charge in [-0.3, -0.25) is 14.5 Å². The summed E-state index contributed by atoms with van der Waals surface area (Å²) in [6.07, 6.45) is 2.20. The van der Waals surface area contributed by atoms with Gasteiger partial charge in [0.2, 0.25) is 0 Å². The highest BCUT2D eigenvalue weighted by Crippen LogP contribution is 2.41. The van der Waals surface area contributed by atoms with E-state index in [-0.39, 0.29) is 6.04 Å². The number of hydrogen-bond donors (Lipinski definition) is 0. The highest BCUT2D eigenvalue weighted by molar-refractivity contribution is 6.01. The van der Waals surface area contributed by atoms with E-state index in [0.29, 0.717) is 6.42 Å². The molecule has 0 aromatic carbocycles. The standard InChI is InChI=1S/C13H23NO4/c1-5-8-14-9-7-13(10(14)6-2,11(15)17-3)12(16)18-4/h10H,5-9H2,1-4H3. The minimum Gasteiger partial charge on any atom is -0.468 e. The predicted molar refractivity (Wildman–Crippen MR) is 67.0 cm³/mol. The van der Waals surface area contributed by atoms with Crippen LogP contribution in [0.15, 0.2) is 0 Å². The van der Waals surface area contributed by atoms with E-state index in [1.165, 1.54) is 14.2 Å². The molecule has 5 heteroatoms. The van der Waals surface area contributed by atoms with Gasteiger partial charge in [0.25, 0.3) is 0 Å². The molecule has 0 aromatic heterocycles. The Morgan fingerprint density at radius 2 is 1.78 bits per heavy atom.